The highest BCUT2D eigenvalue weighted by molar-refractivity contribution is 5.64. The molecule has 13 heavy (non-hydrogen) atoms. The van der Waals surface area contributed by atoms with Gasteiger partial charge in [-0.15, -0.1) is 0 Å². The molecule has 76 valence electrons. The molecule has 0 aromatic rings. The van der Waals surface area contributed by atoms with Crippen LogP contribution in [0.3, 0.4) is 0 Å². The van der Waals surface area contributed by atoms with E-state index in [0.29, 0.717) is 6.54 Å². The number of carboxylic acid groups (broad SMARTS) is 1. The molecule has 1 amide bonds. The van der Waals surface area contributed by atoms with E-state index in [1.807, 2.05) is 0 Å². The molecule has 5 heteroatoms. The Labute approximate surface area is 77.2 Å². The van der Waals surface area contributed by atoms with Crippen molar-refractivity contribution in [2.24, 2.45) is 5.73 Å². The number of amides is 1. The Morgan fingerprint density at radius 1 is 1.77 bits per heavy atom. The molecule has 1 aliphatic rings. The monoisotopic (exact) mass is 188 g/mol. The minimum atomic E-state index is -1.03. The Hall–Kier alpha value is -0.810. The summed E-state index contributed by atoms with van der Waals surface area (Å²) in [5, 5.41) is 10.6. The molecule has 1 unspecified atom stereocenters. The smallest absolute Gasteiger partial charge is 0.404 e. The number of nitrogens with two attached hydrogens (primary N) is 1. The second kappa shape index (κ2) is 5.04. The Balaban J connectivity index is 2.09. The number of hydrogen-bond acceptors (Lipinski definition) is 3. The molecule has 5 nitrogen and oxygen atoms in total. The summed E-state index contributed by atoms with van der Waals surface area (Å²) in [6.07, 6.45) is 2.07. The van der Waals surface area contributed by atoms with Gasteiger partial charge in [0.05, 0.1) is 6.10 Å². The molecule has 0 aromatic heterocycles. The van der Waals surface area contributed by atoms with Gasteiger partial charge in [-0.2, -0.15) is 0 Å². The summed E-state index contributed by atoms with van der Waals surface area (Å²) in [6.45, 7) is 1.11. The quantitative estimate of drug-likeness (QED) is 0.586. The zero-order valence-electron chi connectivity index (χ0n) is 7.53. The first-order valence-electron chi connectivity index (χ1n) is 4.52. The predicted molar refractivity (Wildman–Crippen MR) is 47.6 cm³/mol. The van der Waals surface area contributed by atoms with Gasteiger partial charge in [-0.25, -0.2) is 4.79 Å². The van der Waals surface area contributed by atoms with Crippen molar-refractivity contribution in [1.82, 2.24) is 5.32 Å². The molecule has 4 N–H and O–H groups in total. The van der Waals surface area contributed by atoms with E-state index in [4.69, 9.17) is 15.6 Å². The van der Waals surface area contributed by atoms with Crippen molar-refractivity contribution >= 4 is 6.09 Å². The Morgan fingerprint density at radius 2 is 2.54 bits per heavy atom. The van der Waals surface area contributed by atoms with E-state index in [-0.39, 0.29) is 12.1 Å². The average molecular weight is 188 g/mol. The van der Waals surface area contributed by atoms with E-state index < -0.39 is 6.09 Å². The van der Waals surface area contributed by atoms with Crippen LogP contribution in [0.2, 0.25) is 0 Å². The van der Waals surface area contributed by atoms with Gasteiger partial charge in [0.15, 0.2) is 0 Å². The lowest BCUT2D eigenvalue weighted by molar-refractivity contribution is 0.0980. The van der Waals surface area contributed by atoms with Crippen LogP contribution in [0.5, 0.6) is 0 Å². The van der Waals surface area contributed by atoms with Gasteiger partial charge in [-0.3, -0.25) is 0 Å². The number of carbonyl (C=O) groups is 1. The molecule has 0 saturated carbocycles. The molecule has 2 atom stereocenters. The first-order chi connectivity index (χ1) is 6.18. The SMILES string of the molecule is N[C@H](CNC(=O)O)CC1CCCO1. The van der Waals surface area contributed by atoms with Crippen molar-refractivity contribution in [3.8, 4) is 0 Å². The fourth-order valence-corrected chi connectivity index (χ4v) is 1.47. The third-order valence-electron chi connectivity index (χ3n) is 2.11. The number of ether oxygens (including phenoxy) is 1. The summed E-state index contributed by atoms with van der Waals surface area (Å²) < 4.78 is 5.38. The van der Waals surface area contributed by atoms with Gasteiger partial charge in [-0.1, -0.05) is 0 Å². The van der Waals surface area contributed by atoms with Crippen molar-refractivity contribution in [2.45, 2.75) is 31.4 Å². The second-order valence-corrected chi connectivity index (χ2v) is 3.32. The van der Waals surface area contributed by atoms with Crippen LogP contribution >= 0.6 is 0 Å². The van der Waals surface area contributed by atoms with Crippen LogP contribution in [-0.2, 0) is 4.74 Å². The zero-order chi connectivity index (χ0) is 9.68. The minimum absolute atomic E-state index is 0.140. The third-order valence-corrected chi connectivity index (χ3v) is 2.11. The minimum Gasteiger partial charge on any atom is -0.465 e. The largest absolute Gasteiger partial charge is 0.465 e. The second-order valence-electron chi connectivity index (χ2n) is 3.32. The van der Waals surface area contributed by atoms with Gasteiger partial charge < -0.3 is 20.9 Å². The van der Waals surface area contributed by atoms with Crippen LogP contribution in [0.1, 0.15) is 19.3 Å². The van der Waals surface area contributed by atoms with Crippen molar-refractivity contribution in [1.29, 1.82) is 0 Å². The lowest BCUT2D eigenvalue weighted by atomic mass is 10.1. The Bertz CT molecular complexity index is 169. The lowest BCUT2D eigenvalue weighted by Crippen LogP contribution is -2.38. The first kappa shape index (κ1) is 10.3. The molecule has 1 rings (SSSR count). The molecule has 1 saturated heterocycles. The summed E-state index contributed by atoms with van der Waals surface area (Å²) in [5.74, 6) is 0. The normalized spacial score (nSPS) is 24.2. The van der Waals surface area contributed by atoms with E-state index >= 15 is 0 Å². The van der Waals surface area contributed by atoms with E-state index in [0.717, 1.165) is 25.9 Å². The maximum atomic E-state index is 10.1. The Kier molecular flexibility index (Phi) is 3.98. The summed E-state index contributed by atoms with van der Waals surface area (Å²) in [6, 6.07) is -0.140. The average Bonchev–Trinajstić information content (AvgIpc) is 2.53. The maximum Gasteiger partial charge on any atom is 0.404 e. The van der Waals surface area contributed by atoms with Crippen molar-refractivity contribution < 1.29 is 14.6 Å². The van der Waals surface area contributed by atoms with Crippen LogP contribution in [0, 0.1) is 0 Å². The molecule has 1 aliphatic heterocycles. The van der Waals surface area contributed by atoms with Crippen LogP contribution in [-0.4, -0.2) is 36.5 Å². The van der Waals surface area contributed by atoms with Gasteiger partial charge in [0.25, 0.3) is 0 Å². The van der Waals surface area contributed by atoms with Crippen LogP contribution in [0.15, 0.2) is 0 Å². The predicted octanol–water partition coefficient (Wildman–Crippen LogP) is 0.150. The Morgan fingerprint density at radius 3 is 3.08 bits per heavy atom. The molecule has 1 fully saturated rings. The molecule has 0 radical (unpaired) electrons. The number of rotatable bonds is 4. The summed E-state index contributed by atoms with van der Waals surface area (Å²) in [4.78, 5) is 10.1. The standard InChI is InChI=1S/C8H16N2O3/c9-6(5-10-8(11)12)4-7-2-1-3-13-7/h6-7,10H,1-5,9H2,(H,11,12)/t6-,7?/m0/s1. The summed E-state index contributed by atoms with van der Waals surface area (Å²) in [5.41, 5.74) is 5.70. The first-order valence-corrected chi connectivity index (χ1v) is 4.52. The van der Waals surface area contributed by atoms with E-state index in [1.165, 1.54) is 0 Å². The molecule has 0 spiro atoms. The van der Waals surface area contributed by atoms with E-state index in [2.05, 4.69) is 5.32 Å². The van der Waals surface area contributed by atoms with E-state index in [1.54, 1.807) is 0 Å². The summed E-state index contributed by atoms with van der Waals surface area (Å²) >= 11 is 0. The number of hydrogen-bond donors (Lipinski definition) is 3. The zero-order valence-corrected chi connectivity index (χ0v) is 7.53. The highest BCUT2D eigenvalue weighted by Crippen LogP contribution is 2.15. The van der Waals surface area contributed by atoms with Crippen LogP contribution in [0.4, 0.5) is 4.79 Å². The fourth-order valence-electron chi connectivity index (χ4n) is 1.47. The number of nitrogens with one attached hydrogen (secondary N) is 1. The molecule has 0 aromatic carbocycles. The van der Waals surface area contributed by atoms with Gasteiger partial charge in [-0.05, 0) is 19.3 Å². The van der Waals surface area contributed by atoms with Crippen molar-refractivity contribution in [2.75, 3.05) is 13.2 Å². The van der Waals surface area contributed by atoms with Crippen molar-refractivity contribution in [3.63, 3.8) is 0 Å². The van der Waals surface area contributed by atoms with E-state index in [9.17, 15) is 4.79 Å². The van der Waals surface area contributed by atoms with Gasteiger partial charge >= 0.3 is 6.09 Å². The summed E-state index contributed by atoms with van der Waals surface area (Å²) in [7, 11) is 0. The molecule has 0 bridgehead atoms. The van der Waals surface area contributed by atoms with Gasteiger partial charge in [0.1, 0.15) is 0 Å². The molecule has 0 aliphatic carbocycles. The van der Waals surface area contributed by atoms with Gasteiger partial charge in [0.2, 0.25) is 0 Å². The molecular formula is C8H16N2O3. The lowest BCUT2D eigenvalue weighted by Gasteiger charge is -2.15. The third kappa shape index (κ3) is 4.10. The molecule has 1 heterocycles. The van der Waals surface area contributed by atoms with Crippen molar-refractivity contribution in [3.05, 3.63) is 0 Å². The van der Waals surface area contributed by atoms with Crippen LogP contribution < -0.4 is 11.1 Å². The highest BCUT2D eigenvalue weighted by Gasteiger charge is 2.18. The van der Waals surface area contributed by atoms with Crippen LogP contribution in [0.25, 0.3) is 0 Å². The maximum absolute atomic E-state index is 10.1. The fraction of sp³-hybridized carbons (Fsp3) is 0.875. The molecular weight excluding hydrogens is 172 g/mol. The van der Waals surface area contributed by atoms with Gasteiger partial charge in [0, 0.05) is 19.2 Å². The highest BCUT2D eigenvalue weighted by atomic mass is 16.5. The topological polar surface area (TPSA) is 84.6 Å².